The zero-order valence-electron chi connectivity index (χ0n) is 14.3. The third-order valence-electron chi connectivity index (χ3n) is 5.37. The summed E-state index contributed by atoms with van der Waals surface area (Å²) in [5.41, 5.74) is 9.75. The van der Waals surface area contributed by atoms with E-state index < -0.39 is 0 Å². The van der Waals surface area contributed by atoms with E-state index in [2.05, 4.69) is 38.9 Å². The highest BCUT2D eigenvalue weighted by atomic mass is 15.2. The van der Waals surface area contributed by atoms with Crippen LogP contribution in [0.25, 0.3) is 10.4 Å². The van der Waals surface area contributed by atoms with Crippen LogP contribution < -0.4 is 0 Å². The number of azide groups is 1. The number of hydrogen-bond donors (Lipinski definition) is 0. The van der Waals surface area contributed by atoms with Crippen molar-refractivity contribution in [2.24, 2.45) is 11.0 Å². The fourth-order valence-electron chi connectivity index (χ4n) is 4.15. The average Bonchev–Trinajstić information content (AvgIpc) is 3.10. The Kier molecular flexibility index (Phi) is 6.18. The first-order valence-corrected chi connectivity index (χ1v) is 9.21. The van der Waals surface area contributed by atoms with Gasteiger partial charge in [-0.25, -0.2) is 0 Å². The summed E-state index contributed by atoms with van der Waals surface area (Å²) in [7, 11) is 0. The normalized spacial score (nSPS) is 23.1. The molecule has 24 heavy (non-hydrogen) atoms. The third-order valence-corrected chi connectivity index (χ3v) is 5.37. The summed E-state index contributed by atoms with van der Waals surface area (Å²) in [5.74, 6) is 7.65. The van der Waals surface area contributed by atoms with Crippen LogP contribution in [0.3, 0.4) is 0 Å². The van der Waals surface area contributed by atoms with E-state index in [9.17, 15) is 0 Å². The van der Waals surface area contributed by atoms with Gasteiger partial charge in [-0.1, -0.05) is 54.4 Å². The summed E-state index contributed by atoms with van der Waals surface area (Å²) < 4.78 is 0. The topological polar surface area (TPSA) is 52.0 Å². The van der Waals surface area contributed by atoms with E-state index in [0.717, 1.165) is 18.5 Å². The Balaban J connectivity index is 1.81. The van der Waals surface area contributed by atoms with E-state index in [-0.39, 0.29) is 0 Å². The molecule has 0 spiro atoms. The van der Waals surface area contributed by atoms with Crippen LogP contribution in [0.2, 0.25) is 0 Å². The number of likely N-dealkylation sites (tertiary alicyclic amines) is 1. The van der Waals surface area contributed by atoms with E-state index in [1.165, 1.54) is 38.5 Å². The van der Waals surface area contributed by atoms with Gasteiger partial charge in [0, 0.05) is 23.1 Å². The molecule has 0 radical (unpaired) electrons. The first-order valence-electron chi connectivity index (χ1n) is 9.21. The number of hydrogen-bond acceptors (Lipinski definition) is 2. The highest BCUT2D eigenvalue weighted by molar-refractivity contribution is 5.35. The Labute approximate surface area is 144 Å². The van der Waals surface area contributed by atoms with Gasteiger partial charge in [0.05, 0.1) is 6.04 Å². The van der Waals surface area contributed by atoms with Gasteiger partial charge in [-0.3, -0.25) is 4.90 Å². The van der Waals surface area contributed by atoms with Crippen molar-refractivity contribution in [3.63, 3.8) is 0 Å². The van der Waals surface area contributed by atoms with Crippen molar-refractivity contribution < 1.29 is 0 Å². The zero-order valence-corrected chi connectivity index (χ0v) is 14.3. The molecule has 1 saturated carbocycles. The smallest absolute Gasteiger partial charge is 0.0749 e. The van der Waals surface area contributed by atoms with Gasteiger partial charge in [-0.15, -0.1) is 0 Å². The van der Waals surface area contributed by atoms with Crippen molar-refractivity contribution in [1.29, 1.82) is 0 Å². The highest BCUT2D eigenvalue weighted by Gasteiger charge is 2.34. The summed E-state index contributed by atoms with van der Waals surface area (Å²) in [6, 6.07) is 10.9. The minimum Gasteiger partial charge on any atom is -0.286 e. The molecule has 0 amide bonds. The Bertz CT molecular complexity index is 618. The molecule has 2 aliphatic rings. The second kappa shape index (κ2) is 8.78. The molecule has 1 aromatic carbocycles. The molecule has 3 rings (SSSR count). The Morgan fingerprint density at radius 1 is 1.12 bits per heavy atom. The summed E-state index contributed by atoms with van der Waals surface area (Å²) in [5, 5.41) is 3.84. The maximum Gasteiger partial charge on any atom is 0.0749 e. The quantitative estimate of drug-likeness (QED) is 0.341. The molecule has 1 heterocycles. The predicted octanol–water partition coefficient (Wildman–Crippen LogP) is 4.76. The summed E-state index contributed by atoms with van der Waals surface area (Å²) in [6.45, 7) is 1.66. The van der Waals surface area contributed by atoms with Gasteiger partial charge in [0.15, 0.2) is 0 Å². The van der Waals surface area contributed by atoms with E-state index in [1.807, 2.05) is 18.2 Å². The molecule has 0 N–H and O–H groups in total. The lowest BCUT2D eigenvalue weighted by Crippen LogP contribution is -2.44. The van der Waals surface area contributed by atoms with E-state index >= 15 is 0 Å². The monoisotopic (exact) mass is 322 g/mol. The lowest BCUT2D eigenvalue weighted by atomic mass is 9.83. The first kappa shape index (κ1) is 16.9. The zero-order chi connectivity index (χ0) is 16.6. The predicted molar refractivity (Wildman–Crippen MR) is 97.4 cm³/mol. The molecule has 1 saturated heterocycles. The van der Waals surface area contributed by atoms with Gasteiger partial charge < -0.3 is 0 Å². The fourth-order valence-corrected chi connectivity index (χ4v) is 4.15. The standard InChI is InChI=1S/C20H26N4/c21-23-22-16-19-12-7-15-24(19)20(18-10-5-2-6-11-18)14-13-17-8-3-1-4-9-17/h1,3-4,8-9,18-20H,2,5-7,10-12,15-16H2/t19-,20+/m0/s1. The SMILES string of the molecule is [N-]=[N+]=NC[C@@H]1CCCN1[C@H](C#Cc1ccccc1)C1CCCCC1. The molecule has 0 bridgehead atoms. The lowest BCUT2D eigenvalue weighted by molar-refractivity contribution is 0.146. The molecule has 2 fully saturated rings. The van der Waals surface area contributed by atoms with Gasteiger partial charge in [0.2, 0.25) is 0 Å². The van der Waals surface area contributed by atoms with Crippen LogP contribution in [0, 0.1) is 17.8 Å². The van der Waals surface area contributed by atoms with Crippen LogP contribution in [-0.4, -0.2) is 30.1 Å². The Hall–Kier alpha value is -1.95. The van der Waals surface area contributed by atoms with E-state index in [0.29, 0.717) is 24.5 Å². The minimum atomic E-state index is 0.298. The molecule has 0 unspecified atom stereocenters. The highest BCUT2D eigenvalue weighted by Crippen LogP contribution is 2.32. The second-order valence-corrected chi connectivity index (χ2v) is 6.93. The van der Waals surface area contributed by atoms with Gasteiger partial charge in [-0.2, -0.15) is 0 Å². The molecule has 0 aromatic heterocycles. The van der Waals surface area contributed by atoms with Crippen molar-refractivity contribution in [2.45, 2.75) is 57.0 Å². The molecular formula is C20H26N4. The van der Waals surface area contributed by atoms with Crippen molar-refractivity contribution in [3.8, 4) is 11.8 Å². The molecule has 126 valence electrons. The van der Waals surface area contributed by atoms with Gasteiger partial charge >= 0.3 is 0 Å². The molecule has 2 atom stereocenters. The molecule has 4 nitrogen and oxygen atoms in total. The first-order chi connectivity index (χ1) is 11.9. The Morgan fingerprint density at radius 3 is 2.67 bits per heavy atom. The summed E-state index contributed by atoms with van der Waals surface area (Å²) >= 11 is 0. The second-order valence-electron chi connectivity index (χ2n) is 6.93. The molecule has 4 heteroatoms. The van der Waals surface area contributed by atoms with Crippen molar-refractivity contribution in [2.75, 3.05) is 13.1 Å². The van der Waals surface area contributed by atoms with Crippen molar-refractivity contribution >= 4 is 0 Å². The van der Waals surface area contributed by atoms with Crippen LogP contribution in [0.4, 0.5) is 0 Å². The van der Waals surface area contributed by atoms with Gasteiger partial charge in [0.25, 0.3) is 0 Å². The molecule has 1 aromatic rings. The summed E-state index contributed by atoms with van der Waals surface area (Å²) in [6.07, 6.45) is 8.86. The van der Waals surface area contributed by atoms with Crippen LogP contribution >= 0.6 is 0 Å². The van der Waals surface area contributed by atoms with Crippen LogP contribution in [0.5, 0.6) is 0 Å². The van der Waals surface area contributed by atoms with E-state index in [4.69, 9.17) is 5.53 Å². The number of rotatable bonds is 4. The van der Waals surface area contributed by atoms with Crippen LogP contribution in [-0.2, 0) is 0 Å². The number of benzene rings is 1. The minimum absolute atomic E-state index is 0.298. The van der Waals surface area contributed by atoms with E-state index in [1.54, 1.807) is 0 Å². The van der Waals surface area contributed by atoms with Crippen molar-refractivity contribution in [1.82, 2.24) is 4.90 Å². The van der Waals surface area contributed by atoms with Crippen molar-refractivity contribution in [3.05, 3.63) is 46.3 Å². The molecular weight excluding hydrogens is 296 g/mol. The maximum atomic E-state index is 8.66. The van der Waals surface area contributed by atoms with Gasteiger partial charge in [-0.05, 0) is 55.8 Å². The summed E-state index contributed by atoms with van der Waals surface area (Å²) in [4.78, 5) is 5.49. The molecule has 1 aliphatic heterocycles. The Morgan fingerprint density at radius 2 is 1.92 bits per heavy atom. The third kappa shape index (κ3) is 4.32. The molecule has 1 aliphatic carbocycles. The largest absolute Gasteiger partial charge is 0.286 e. The number of nitrogens with zero attached hydrogens (tertiary/aromatic N) is 4. The average molecular weight is 322 g/mol. The fraction of sp³-hybridized carbons (Fsp3) is 0.600. The van der Waals surface area contributed by atoms with Crippen LogP contribution in [0.1, 0.15) is 50.5 Å². The lowest BCUT2D eigenvalue weighted by Gasteiger charge is -2.36. The van der Waals surface area contributed by atoms with Gasteiger partial charge in [0.1, 0.15) is 0 Å². The van der Waals surface area contributed by atoms with Crippen LogP contribution in [0.15, 0.2) is 35.4 Å². The maximum absolute atomic E-state index is 8.66.